The van der Waals surface area contributed by atoms with Gasteiger partial charge in [-0.25, -0.2) is 4.39 Å². The molecule has 5 heteroatoms. The van der Waals surface area contributed by atoms with Gasteiger partial charge in [-0.15, -0.1) is 0 Å². The van der Waals surface area contributed by atoms with Crippen molar-refractivity contribution in [2.75, 3.05) is 6.54 Å². The Labute approximate surface area is 133 Å². The van der Waals surface area contributed by atoms with Gasteiger partial charge in [-0.1, -0.05) is 6.07 Å². The van der Waals surface area contributed by atoms with Crippen molar-refractivity contribution in [2.24, 2.45) is 5.92 Å². The Balaban J connectivity index is 1.71. The summed E-state index contributed by atoms with van der Waals surface area (Å²) in [6, 6.07) is 3.93. The van der Waals surface area contributed by atoms with E-state index in [1.54, 1.807) is 6.07 Å². The standard InChI is InChI=1S/C18H20F4N/c19-14-6-5-12(10-13(14)18(20,21)22)17(7-8-17)16(11-3-4-11)15-2-1-9-23-15/h5-6,10-11,15,23H,1-4,7-9H2/t15-/m0/s1. The highest BCUT2D eigenvalue weighted by Gasteiger charge is 2.58. The topological polar surface area (TPSA) is 12.0 Å². The van der Waals surface area contributed by atoms with Crippen LogP contribution in [-0.4, -0.2) is 12.6 Å². The van der Waals surface area contributed by atoms with Crippen LogP contribution >= 0.6 is 0 Å². The lowest BCUT2D eigenvalue weighted by atomic mass is 9.74. The largest absolute Gasteiger partial charge is 0.419 e. The van der Waals surface area contributed by atoms with Crippen molar-refractivity contribution in [2.45, 2.75) is 56.2 Å². The molecule has 0 amide bonds. The summed E-state index contributed by atoms with van der Waals surface area (Å²) in [6.45, 7) is 0.980. The fraction of sp³-hybridized carbons (Fsp3) is 0.611. The molecule has 1 saturated heterocycles. The molecule has 2 aliphatic carbocycles. The van der Waals surface area contributed by atoms with E-state index < -0.39 is 17.6 Å². The highest BCUT2D eigenvalue weighted by Crippen LogP contribution is 2.63. The number of nitrogens with one attached hydrogen (secondary N) is 1. The third-order valence-electron chi connectivity index (χ3n) is 5.58. The van der Waals surface area contributed by atoms with Crippen molar-refractivity contribution in [1.29, 1.82) is 0 Å². The van der Waals surface area contributed by atoms with Crippen molar-refractivity contribution in [3.05, 3.63) is 41.1 Å². The van der Waals surface area contributed by atoms with Crippen LogP contribution in [0.2, 0.25) is 0 Å². The summed E-state index contributed by atoms with van der Waals surface area (Å²) in [6.07, 6.45) is 1.61. The van der Waals surface area contributed by atoms with E-state index in [0.717, 1.165) is 57.2 Å². The number of hydrogen-bond donors (Lipinski definition) is 1. The maximum absolute atomic E-state index is 13.6. The molecule has 23 heavy (non-hydrogen) atoms. The molecule has 1 aliphatic heterocycles. The summed E-state index contributed by atoms with van der Waals surface area (Å²) < 4.78 is 52.8. The molecule has 1 nitrogen and oxygen atoms in total. The van der Waals surface area contributed by atoms with E-state index in [9.17, 15) is 17.6 Å². The molecule has 1 aromatic rings. The molecular weight excluding hydrogens is 306 g/mol. The van der Waals surface area contributed by atoms with Gasteiger partial charge in [0, 0.05) is 17.4 Å². The Bertz CT molecular complexity index is 596. The summed E-state index contributed by atoms with van der Waals surface area (Å²) in [5, 5.41) is 3.52. The second-order valence-electron chi connectivity index (χ2n) is 7.15. The van der Waals surface area contributed by atoms with E-state index in [1.807, 2.05) is 0 Å². The second-order valence-corrected chi connectivity index (χ2v) is 7.15. The maximum Gasteiger partial charge on any atom is 0.419 e. The average molecular weight is 326 g/mol. The zero-order chi connectivity index (χ0) is 16.2. The number of hydrogen-bond acceptors (Lipinski definition) is 1. The molecule has 0 bridgehead atoms. The highest BCUT2D eigenvalue weighted by molar-refractivity contribution is 5.45. The molecule has 1 atom stereocenters. The normalized spacial score (nSPS) is 26.7. The summed E-state index contributed by atoms with van der Waals surface area (Å²) >= 11 is 0. The fourth-order valence-corrected chi connectivity index (χ4v) is 4.26. The molecule has 3 fully saturated rings. The van der Waals surface area contributed by atoms with Gasteiger partial charge in [-0.05, 0) is 68.7 Å². The Morgan fingerprint density at radius 3 is 2.39 bits per heavy atom. The van der Waals surface area contributed by atoms with Crippen molar-refractivity contribution < 1.29 is 17.6 Å². The smallest absolute Gasteiger partial charge is 0.313 e. The number of benzene rings is 1. The van der Waals surface area contributed by atoms with Gasteiger partial charge in [0.15, 0.2) is 0 Å². The van der Waals surface area contributed by atoms with E-state index in [2.05, 4.69) is 5.32 Å². The lowest BCUT2D eigenvalue weighted by molar-refractivity contribution is -0.140. The van der Waals surface area contributed by atoms with E-state index in [-0.39, 0.29) is 5.41 Å². The molecule has 3 aliphatic rings. The van der Waals surface area contributed by atoms with Gasteiger partial charge in [0.1, 0.15) is 5.82 Å². The zero-order valence-corrected chi connectivity index (χ0v) is 12.8. The molecule has 4 rings (SSSR count). The summed E-state index contributed by atoms with van der Waals surface area (Å²) in [7, 11) is 0. The molecule has 0 spiro atoms. The first-order valence-corrected chi connectivity index (χ1v) is 8.40. The second kappa shape index (κ2) is 5.20. The fourth-order valence-electron chi connectivity index (χ4n) is 4.26. The van der Waals surface area contributed by atoms with Gasteiger partial charge >= 0.3 is 6.18 Å². The molecule has 0 aromatic heterocycles. The van der Waals surface area contributed by atoms with E-state index in [4.69, 9.17) is 0 Å². The summed E-state index contributed by atoms with van der Waals surface area (Å²) in [5.41, 5.74) is -0.728. The Kier molecular flexibility index (Phi) is 3.49. The van der Waals surface area contributed by atoms with Crippen LogP contribution < -0.4 is 5.32 Å². The minimum atomic E-state index is -4.64. The predicted octanol–water partition coefficient (Wildman–Crippen LogP) is 4.61. The SMILES string of the molecule is Fc1ccc(C2([C](C3CC3)[C@@H]3CCCN3)CC2)cc1C(F)(F)F. The molecule has 125 valence electrons. The van der Waals surface area contributed by atoms with Crippen LogP contribution in [-0.2, 0) is 11.6 Å². The van der Waals surface area contributed by atoms with Crippen LogP contribution in [0.5, 0.6) is 0 Å². The predicted molar refractivity (Wildman–Crippen MR) is 79.3 cm³/mol. The molecule has 1 heterocycles. The third kappa shape index (κ3) is 2.67. The van der Waals surface area contributed by atoms with Crippen molar-refractivity contribution in [1.82, 2.24) is 5.32 Å². The molecule has 1 N–H and O–H groups in total. The summed E-state index contributed by atoms with van der Waals surface area (Å²) in [5.74, 6) is 0.756. The lowest BCUT2D eigenvalue weighted by Crippen LogP contribution is -2.38. The van der Waals surface area contributed by atoms with Gasteiger partial charge in [-0.3, -0.25) is 0 Å². The minimum Gasteiger partial charge on any atom is -0.313 e. The first-order chi connectivity index (χ1) is 10.9. The van der Waals surface area contributed by atoms with Crippen LogP contribution in [0.1, 0.15) is 49.7 Å². The molecule has 1 aromatic carbocycles. The van der Waals surface area contributed by atoms with Crippen LogP contribution in [0.25, 0.3) is 0 Å². The van der Waals surface area contributed by atoms with Gasteiger partial charge in [0.2, 0.25) is 0 Å². The van der Waals surface area contributed by atoms with Gasteiger partial charge in [-0.2, -0.15) is 13.2 Å². The van der Waals surface area contributed by atoms with Crippen molar-refractivity contribution >= 4 is 0 Å². The first-order valence-electron chi connectivity index (χ1n) is 8.40. The van der Waals surface area contributed by atoms with Crippen molar-refractivity contribution in [3.63, 3.8) is 0 Å². The molecule has 0 unspecified atom stereocenters. The Morgan fingerprint density at radius 1 is 1.13 bits per heavy atom. The van der Waals surface area contributed by atoms with E-state index in [1.165, 1.54) is 5.92 Å². The quantitative estimate of drug-likeness (QED) is 0.797. The van der Waals surface area contributed by atoms with Crippen LogP contribution in [0.3, 0.4) is 0 Å². The van der Waals surface area contributed by atoms with Crippen LogP contribution in [0.4, 0.5) is 17.6 Å². The molecule has 1 radical (unpaired) electrons. The third-order valence-corrected chi connectivity index (χ3v) is 5.58. The Morgan fingerprint density at radius 2 is 1.87 bits per heavy atom. The lowest BCUT2D eigenvalue weighted by Gasteiger charge is -2.32. The minimum absolute atomic E-state index is 0.253. The van der Waals surface area contributed by atoms with E-state index in [0.29, 0.717) is 17.5 Å². The number of halogens is 4. The van der Waals surface area contributed by atoms with Crippen molar-refractivity contribution in [3.8, 4) is 0 Å². The monoisotopic (exact) mass is 326 g/mol. The summed E-state index contributed by atoms with van der Waals surface area (Å²) in [4.78, 5) is 0. The van der Waals surface area contributed by atoms with Gasteiger partial charge in [0.05, 0.1) is 5.56 Å². The van der Waals surface area contributed by atoms with Crippen LogP contribution in [0, 0.1) is 17.7 Å². The van der Waals surface area contributed by atoms with E-state index >= 15 is 0 Å². The first kappa shape index (κ1) is 15.4. The maximum atomic E-state index is 13.6. The molecule has 2 saturated carbocycles. The number of alkyl halides is 3. The average Bonchev–Trinajstić information content (AvgIpc) is 3.40. The Hall–Kier alpha value is -1.10. The van der Waals surface area contributed by atoms with Crippen LogP contribution in [0.15, 0.2) is 18.2 Å². The van der Waals surface area contributed by atoms with Gasteiger partial charge < -0.3 is 5.32 Å². The highest BCUT2D eigenvalue weighted by atomic mass is 19.4. The number of rotatable bonds is 4. The zero-order valence-electron chi connectivity index (χ0n) is 12.8. The molecular formula is C18H20F4N. The van der Waals surface area contributed by atoms with Gasteiger partial charge in [0.25, 0.3) is 0 Å².